The van der Waals surface area contributed by atoms with E-state index in [1.807, 2.05) is 24.3 Å². The van der Waals surface area contributed by atoms with Crippen LogP contribution in [-0.2, 0) is 9.53 Å². The molecule has 2 aromatic heterocycles. The third kappa shape index (κ3) is 4.48. The van der Waals surface area contributed by atoms with Gasteiger partial charge in [-0.1, -0.05) is 37.1 Å². The van der Waals surface area contributed by atoms with Gasteiger partial charge >= 0.3 is 0 Å². The number of amides is 1. The number of benzene rings is 1. The van der Waals surface area contributed by atoms with Crippen molar-refractivity contribution in [2.75, 3.05) is 18.6 Å². The van der Waals surface area contributed by atoms with Crippen LogP contribution < -0.4 is 9.64 Å². The van der Waals surface area contributed by atoms with Gasteiger partial charge in [0.25, 0.3) is 5.91 Å². The average Bonchev–Trinajstić information content (AvgIpc) is 3.53. The second-order valence-electron chi connectivity index (χ2n) is 8.18. The molecular formula is C26H28N2O6. The smallest absolute Gasteiger partial charge is 0.295 e. The van der Waals surface area contributed by atoms with Gasteiger partial charge in [-0.25, -0.2) is 0 Å². The van der Waals surface area contributed by atoms with E-state index in [9.17, 15) is 9.59 Å². The number of hydrogen-bond donors (Lipinski definition) is 0. The van der Waals surface area contributed by atoms with E-state index < -0.39 is 17.7 Å². The predicted molar refractivity (Wildman–Crippen MR) is 125 cm³/mol. The van der Waals surface area contributed by atoms with Crippen molar-refractivity contribution in [3.05, 3.63) is 76.6 Å². The molecule has 1 aliphatic heterocycles. The quantitative estimate of drug-likeness (QED) is 0.296. The first kappa shape index (κ1) is 23.4. The third-order valence-corrected chi connectivity index (χ3v) is 5.68. The highest BCUT2D eigenvalue weighted by atomic mass is 16.5. The highest BCUT2D eigenvalue weighted by Crippen LogP contribution is 2.43. The number of unbranched alkanes of at least 4 members (excludes halogenated alkanes) is 2. The molecule has 8 heteroatoms. The number of carbonyl (C=O) groups excluding carboxylic acids is 2. The maximum absolute atomic E-state index is 13.5. The van der Waals surface area contributed by atoms with Crippen molar-refractivity contribution in [3.63, 3.8) is 0 Å². The number of ether oxygens (including phenoxy) is 2. The van der Waals surface area contributed by atoms with Crippen LogP contribution in [0.1, 0.15) is 59.9 Å². The zero-order valence-corrected chi connectivity index (χ0v) is 19.8. The minimum absolute atomic E-state index is 0.0513. The maximum atomic E-state index is 13.5. The van der Waals surface area contributed by atoms with Crippen LogP contribution in [0.25, 0.3) is 0 Å². The first-order chi connectivity index (χ1) is 16.4. The van der Waals surface area contributed by atoms with Crippen LogP contribution >= 0.6 is 0 Å². The zero-order valence-electron chi connectivity index (χ0n) is 19.8. The Morgan fingerprint density at radius 3 is 2.44 bits per heavy atom. The second kappa shape index (κ2) is 9.99. The van der Waals surface area contributed by atoms with Crippen molar-refractivity contribution in [3.8, 4) is 5.75 Å². The van der Waals surface area contributed by atoms with Crippen LogP contribution in [0.15, 0.2) is 62.7 Å². The van der Waals surface area contributed by atoms with Gasteiger partial charge in [0.15, 0.2) is 17.3 Å². The SMILES string of the molecule is CCCCCOc1ccc(C2C(C(=O)c3ccc(C)o3)=C(OC)C(=O)N2c2cc(C)on2)cc1. The molecule has 0 N–H and O–H groups in total. The van der Waals surface area contributed by atoms with Crippen molar-refractivity contribution in [2.45, 2.75) is 46.1 Å². The van der Waals surface area contributed by atoms with Gasteiger partial charge in [-0.15, -0.1) is 0 Å². The summed E-state index contributed by atoms with van der Waals surface area (Å²) in [6, 6.07) is 11.5. The van der Waals surface area contributed by atoms with Crippen molar-refractivity contribution in [1.82, 2.24) is 5.16 Å². The van der Waals surface area contributed by atoms with Crippen LogP contribution in [0.3, 0.4) is 0 Å². The fourth-order valence-electron chi connectivity index (χ4n) is 4.02. The van der Waals surface area contributed by atoms with E-state index in [0.29, 0.717) is 29.5 Å². The largest absolute Gasteiger partial charge is 0.494 e. The summed E-state index contributed by atoms with van der Waals surface area (Å²) in [5, 5.41) is 4.03. The number of carbonyl (C=O) groups is 2. The standard InChI is InChI=1S/C26H28N2O6/c1-5-6-7-14-32-19-11-9-18(10-12-19)23-22(24(29)20-13-8-16(2)33-20)25(31-4)26(30)28(23)21-15-17(3)34-27-21/h8-13,15,23H,5-7,14H2,1-4H3. The van der Waals surface area contributed by atoms with E-state index in [1.54, 1.807) is 32.0 Å². The van der Waals surface area contributed by atoms with Gasteiger partial charge in [-0.05, 0) is 50.1 Å². The molecule has 1 atom stereocenters. The lowest BCUT2D eigenvalue weighted by molar-refractivity contribution is -0.117. The number of anilines is 1. The predicted octanol–water partition coefficient (Wildman–Crippen LogP) is 5.32. The summed E-state index contributed by atoms with van der Waals surface area (Å²) in [6.45, 7) is 6.27. The van der Waals surface area contributed by atoms with Crippen LogP contribution in [-0.4, -0.2) is 30.6 Å². The van der Waals surface area contributed by atoms with E-state index in [1.165, 1.54) is 12.0 Å². The zero-order chi connectivity index (χ0) is 24.2. The summed E-state index contributed by atoms with van der Waals surface area (Å²) >= 11 is 0. The minimum atomic E-state index is -0.779. The topological polar surface area (TPSA) is 95.0 Å². The molecule has 0 aliphatic carbocycles. The third-order valence-electron chi connectivity index (χ3n) is 5.68. The molecule has 0 fully saturated rings. The van der Waals surface area contributed by atoms with E-state index >= 15 is 0 Å². The lowest BCUT2D eigenvalue weighted by atomic mass is 9.95. The molecule has 3 aromatic rings. The van der Waals surface area contributed by atoms with Crippen molar-refractivity contribution < 1.29 is 28.0 Å². The molecule has 4 rings (SSSR count). The van der Waals surface area contributed by atoms with Gasteiger partial charge < -0.3 is 18.4 Å². The van der Waals surface area contributed by atoms with Crippen molar-refractivity contribution in [2.24, 2.45) is 0 Å². The van der Waals surface area contributed by atoms with E-state index in [4.69, 9.17) is 18.4 Å². The number of furan rings is 1. The molecule has 1 aliphatic rings. The lowest BCUT2D eigenvalue weighted by Gasteiger charge is -2.24. The Bertz CT molecular complexity index is 1200. The monoisotopic (exact) mass is 464 g/mol. The second-order valence-corrected chi connectivity index (χ2v) is 8.18. The summed E-state index contributed by atoms with van der Waals surface area (Å²) < 4.78 is 22.1. The molecular weight excluding hydrogens is 436 g/mol. The van der Waals surface area contributed by atoms with Crippen LogP contribution in [0, 0.1) is 13.8 Å². The number of aryl methyl sites for hydroxylation is 2. The molecule has 8 nitrogen and oxygen atoms in total. The minimum Gasteiger partial charge on any atom is -0.494 e. The first-order valence-corrected chi connectivity index (χ1v) is 11.3. The summed E-state index contributed by atoms with van der Waals surface area (Å²) in [4.78, 5) is 28.3. The van der Waals surface area contributed by atoms with E-state index in [-0.39, 0.29) is 17.1 Å². The summed E-state index contributed by atoms with van der Waals surface area (Å²) in [5.74, 6) is 1.32. The van der Waals surface area contributed by atoms with Gasteiger partial charge in [0.05, 0.1) is 25.3 Å². The Morgan fingerprint density at radius 1 is 1.09 bits per heavy atom. The fourth-order valence-corrected chi connectivity index (χ4v) is 4.02. The van der Waals surface area contributed by atoms with Gasteiger partial charge in [-0.3, -0.25) is 14.5 Å². The van der Waals surface area contributed by atoms with Gasteiger partial charge in [0.2, 0.25) is 5.78 Å². The first-order valence-electron chi connectivity index (χ1n) is 11.3. The number of Topliss-reactive ketones (excluding diaryl/α,β-unsaturated/α-hetero) is 1. The molecule has 178 valence electrons. The number of nitrogens with zero attached hydrogens (tertiary/aromatic N) is 2. The molecule has 0 saturated heterocycles. The average molecular weight is 465 g/mol. The molecule has 0 spiro atoms. The molecule has 1 amide bonds. The Labute approximate surface area is 198 Å². The Kier molecular flexibility index (Phi) is 6.86. The Balaban J connectivity index is 1.74. The van der Waals surface area contributed by atoms with Crippen molar-refractivity contribution in [1.29, 1.82) is 0 Å². The Morgan fingerprint density at radius 2 is 1.85 bits per heavy atom. The number of hydrogen-bond acceptors (Lipinski definition) is 7. The van der Waals surface area contributed by atoms with Gasteiger partial charge in [0, 0.05) is 6.07 Å². The van der Waals surface area contributed by atoms with E-state index in [2.05, 4.69) is 12.1 Å². The number of aromatic nitrogens is 1. The summed E-state index contributed by atoms with van der Waals surface area (Å²) in [5.41, 5.74) is 0.882. The van der Waals surface area contributed by atoms with Crippen LogP contribution in [0.4, 0.5) is 5.82 Å². The van der Waals surface area contributed by atoms with Gasteiger partial charge in [0.1, 0.15) is 17.3 Å². The molecule has 1 unspecified atom stereocenters. The molecule has 0 saturated carbocycles. The number of ketones is 1. The molecule has 0 radical (unpaired) electrons. The lowest BCUT2D eigenvalue weighted by Crippen LogP contribution is -2.31. The number of methoxy groups -OCH3 is 1. The molecule has 1 aromatic carbocycles. The molecule has 0 bridgehead atoms. The fraction of sp³-hybridized carbons (Fsp3) is 0.346. The molecule has 3 heterocycles. The van der Waals surface area contributed by atoms with Crippen LogP contribution in [0.5, 0.6) is 5.75 Å². The molecule has 34 heavy (non-hydrogen) atoms. The summed E-state index contributed by atoms with van der Waals surface area (Å²) in [7, 11) is 1.37. The Hall–Kier alpha value is -3.81. The normalized spacial score (nSPS) is 15.8. The number of rotatable bonds is 10. The highest BCUT2D eigenvalue weighted by Gasteiger charge is 2.47. The summed E-state index contributed by atoms with van der Waals surface area (Å²) in [6.07, 6.45) is 3.21. The van der Waals surface area contributed by atoms with Gasteiger partial charge in [-0.2, -0.15) is 0 Å². The van der Waals surface area contributed by atoms with E-state index in [0.717, 1.165) is 25.0 Å². The van der Waals surface area contributed by atoms with Crippen molar-refractivity contribution >= 4 is 17.5 Å². The maximum Gasteiger partial charge on any atom is 0.295 e. The van der Waals surface area contributed by atoms with Crippen LogP contribution in [0.2, 0.25) is 0 Å². The highest BCUT2D eigenvalue weighted by molar-refractivity contribution is 6.20.